The van der Waals surface area contributed by atoms with E-state index in [1.54, 1.807) is 16.8 Å². The maximum atomic E-state index is 12.5. The van der Waals surface area contributed by atoms with Crippen LogP contribution in [0.25, 0.3) is 10.2 Å². The normalized spacial score (nSPS) is 12.3. The van der Waals surface area contributed by atoms with Crippen LogP contribution in [-0.2, 0) is 11.2 Å². The summed E-state index contributed by atoms with van der Waals surface area (Å²) < 4.78 is 1.05. The predicted octanol–water partition coefficient (Wildman–Crippen LogP) is 3.71. The Balaban J connectivity index is 1.70. The topological polar surface area (TPSA) is 68.0 Å². The van der Waals surface area contributed by atoms with Gasteiger partial charge in [0.05, 0.1) is 21.6 Å². The molecule has 0 aliphatic carbocycles. The molecule has 3 rings (SSSR count). The Hall–Kier alpha value is -1.95. The molecule has 118 valence electrons. The number of anilines is 1. The number of halogens is 1. The van der Waals surface area contributed by atoms with Gasteiger partial charge in [-0.15, -0.1) is 11.3 Å². The molecule has 0 saturated heterocycles. The monoisotopic (exact) mass is 345 g/mol. The van der Waals surface area contributed by atoms with Crippen molar-refractivity contribution < 1.29 is 4.79 Å². The van der Waals surface area contributed by atoms with Crippen molar-refractivity contribution in [3.8, 4) is 0 Å². The lowest BCUT2D eigenvalue weighted by Crippen LogP contribution is -2.30. The van der Waals surface area contributed by atoms with Crippen LogP contribution < -0.4 is 11.1 Å². The van der Waals surface area contributed by atoms with Crippen LogP contribution in [0, 0.1) is 5.92 Å². The number of benzene rings is 2. The van der Waals surface area contributed by atoms with Crippen LogP contribution in [0.4, 0.5) is 5.69 Å². The molecule has 4 nitrogen and oxygen atoms in total. The summed E-state index contributed by atoms with van der Waals surface area (Å²) in [5.41, 5.74) is 10.3. The molecule has 0 bridgehead atoms. The van der Waals surface area contributed by atoms with Gasteiger partial charge in [-0.1, -0.05) is 23.7 Å². The third kappa shape index (κ3) is 3.88. The van der Waals surface area contributed by atoms with Crippen molar-refractivity contribution in [3.63, 3.8) is 0 Å². The van der Waals surface area contributed by atoms with Gasteiger partial charge in [-0.05, 0) is 42.3 Å². The maximum Gasteiger partial charge on any atom is 0.229 e. The van der Waals surface area contributed by atoms with Crippen LogP contribution >= 0.6 is 22.9 Å². The summed E-state index contributed by atoms with van der Waals surface area (Å²) >= 11 is 7.43. The molecule has 0 spiro atoms. The molecule has 0 radical (unpaired) electrons. The molecule has 1 atom stereocenters. The van der Waals surface area contributed by atoms with E-state index in [4.69, 9.17) is 17.3 Å². The summed E-state index contributed by atoms with van der Waals surface area (Å²) in [6.45, 7) is 0.289. The third-order valence-electron chi connectivity index (χ3n) is 3.65. The van der Waals surface area contributed by atoms with Crippen molar-refractivity contribution in [2.75, 3.05) is 11.9 Å². The van der Waals surface area contributed by atoms with Crippen molar-refractivity contribution in [2.45, 2.75) is 6.42 Å². The van der Waals surface area contributed by atoms with E-state index in [0.717, 1.165) is 21.5 Å². The zero-order valence-electron chi connectivity index (χ0n) is 12.3. The maximum absolute atomic E-state index is 12.5. The van der Waals surface area contributed by atoms with Crippen LogP contribution in [0.3, 0.4) is 0 Å². The predicted molar refractivity (Wildman–Crippen MR) is 96.0 cm³/mol. The number of thiazole rings is 1. The number of hydrogen-bond acceptors (Lipinski definition) is 4. The Morgan fingerprint density at radius 1 is 1.26 bits per heavy atom. The quantitative estimate of drug-likeness (QED) is 0.740. The van der Waals surface area contributed by atoms with E-state index in [2.05, 4.69) is 10.3 Å². The number of carbonyl (C=O) groups excluding carboxylic acids is 1. The summed E-state index contributed by atoms with van der Waals surface area (Å²) in [5, 5.41) is 3.62. The molecule has 0 aliphatic rings. The number of nitrogens with zero attached hydrogens (tertiary/aromatic N) is 1. The average Bonchev–Trinajstić information content (AvgIpc) is 3.02. The zero-order chi connectivity index (χ0) is 16.2. The Bertz CT molecular complexity index is 816. The van der Waals surface area contributed by atoms with Crippen molar-refractivity contribution in [3.05, 3.63) is 58.6 Å². The van der Waals surface area contributed by atoms with Crippen LogP contribution in [-0.4, -0.2) is 17.4 Å². The summed E-state index contributed by atoms with van der Waals surface area (Å²) in [6, 6.07) is 13.2. The van der Waals surface area contributed by atoms with Crippen molar-refractivity contribution in [1.29, 1.82) is 0 Å². The van der Waals surface area contributed by atoms with Gasteiger partial charge in [0, 0.05) is 17.3 Å². The molecule has 2 aromatic carbocycles. The van der Waals surface area contributed by atoms with Crippen molar-refractivity contribution in [2.24, 2.45) is 11.7 Å². The number of nitrogens with two attached hydrogens (primary N) is 1. The Morgan fingerprint density at radius 2 is 2.04 bits per heavy atom. The van der Waals surface area contributed by atoms with Gasteiger partial charge in [0.25, 0.3) is 0 Å². The minimum atomic E-state index is -0.284. The first-order chi connectivity index (χ1) is 11.2. The minimum Gasteiger partial charge on any atom is -0.330 e. The molecule has 3 N–H and O–H groups in total. The Kier molecular flexibility index (Phi) is 4.91. The highest BCUT2D eigenvalue weighted by molar-refractivity contribution is 7.16. The number of hydrogen-bond donors (Lipinski definition) is 2. The zero-order valence-corrected chi connectivity index (χ0v) is 13.9. The van der Waals surface area contributed by atoms with Gasteiger partial charge in [0.2, 0.25) is 5.91 Å². The fourth-order valence-electron chi connectivity index (χ4n) is 2.37. The van der Waals surface area contributed by atoms with Gasteiger partial charge in [0.1, 0.15) is 0 Å². The van der Waals surface area contributed by atoms with Crippen molar-refractivity contribution in [1.82, 2.24) is 4.98 Å². The van der Waals surface area contributed by atoms with Gasteiger partial charge < -0.3 is 11.1 Å². The molecule has 1 aromatic heterocycles. The molecule has 0 aliphatic heterocycles. The summed E-state index contributed by atoms with van der Waals surface area (Å²) in [7, 11) is 0. The highest BCUT2D eigenvalue weighted by Gasteiger charge is 2.17. The Labute approximate surface area is 143 Å². The number of amides is 1. The molecular weight excluding hydrogens is 330 g/mol. The lowest BCUT2D eigenvalue weighted by molar-refractivity contribution is -0.119. The SMILES string of the molecule is NCC(Cc1ccc(Cl)cc1)C(=O)Nc1ccc2ncsc2c1. The average molecular weight is 346 g/mol. The number of nitrogens with one attached hydrogen (secondary N) is 1. The van der Waals surface area contributed by atoms with Gasteiger partial charge in [-0.3, -0.25) is 4.79 Å². The van der Waals surface area contributed by atoms with Gasteiger partial charge in [-0.2, -0.15) is 0 Å². The van der Waals surface area contributed by atoms with E-state index in [1.807, 2.05) is 42.5 Å². The second kappa shape index (κ2) is 7.08. The molecule has 3 aromatic rings. The molecule has 23 heavy (non-hydrogen) atoms. The summed E-state index contributed by atoms with van der Waals surface area (Å²) in [6.07, 6.45) is 0.586. The molecule has 1 heterocycles. The largest absolute Gasteiger partial charge is 0.330 e. The Morgan fingerprint density at radius 3 is 2.78 bits per heavy atom. The molecular formula is C17H16ClN3OS. The first kappa shape index (κ1) is 15.9. The lowest BCUT2D eigenvalue weighted by Gasteiger charge is -2.15. The fourth-order valence-corrected chi connectivity index (χ4v) is 3.21. The first-order valence-electron chi connectivity index (χ1n) is 7.24. The summed E-state index contributed by atoms with van der Waals surface area (Å²) in [5.74, 6) is -0.361. The molecule has 1 unspecified atom stereocenters. The van der Waals surface area contributed by atoms with Crippen LogP contribution in [0.15, 0.2) is 48.0 Å². The number of carbonyl (C=O) groups is 1. The van der Waals surface area contributed by atoms with Crippen LogP contribution in [0.2, 0.25) is 5.02 Å². The van der Waals surface area contributed by atoms with E-state index < -0.39 is 0 Å². The highest BCUT2D eigenvalue weighted by atomic mass is 35.5. The number of aromatic nitrogens is 1. The van der Waals surface area contributed by atoms with E-state index in [1.165, 1.54) is 0 Å². The van der Waals surface area contributed by atoms with Crippen LogP contribution in [0.1, 0.15) is 5.56 Å². The van der Waals surface area contributed by atoms with E-state index >= 15 is 0 Å². The van der Waals surface area contributed by atoms with E-state index in [9.17, 15) is 4.79 Å². The molecule has 0 fully saturated rings. The van der Waals surface area contributed by atoms with Gasteiger partial charge in [-0.25, -0.2) is 4.98 Å². The van der Waals surface area contributed by atoms with Crippen LogP contribution in [0.5, 0.6) is 0 Å². The third-order valence-corrected chi connectivity index (χ3v) is 4.69. The smallest absolute Gasteiger partial charge is 0.229 e. The molecule has 6 heteroatoms. The number of rotatable bonds is 5. The molecule has 1 amide bonds. The van der Waals surface area contributed by atoms with Crippen molar-refractivity contribution >= 4 is 44.7 Å². The standard InChI is InChI=1S/C17H16ClN3OS/c18-13-3-1-11(2-4-13)7-12(9-19)17(22)21-14-5-6-15-16(8-14)23-10-20-15/h1-6,8,10,12H,7,9,19H2,(H,21,22). The minimum absolute atomic E-state index is 0.0775. The highest BCUT2D eigenvalue weighted by Crippen LogP contribution is 2.22. The van der Waals surface area contributed by atoms with E-state index in [-0.39, 0.29) is 18.4 Å². The first-order valence-corrected chi connectivity index (χ1v) is 8.50. The second-order valence-electron chi connectivity index (χ2n) is 5.29. The fraction of sp³-hybridized carbons (Fsp3) is 0.176. The number of fused-ring (bicyclic) bond motifs is 1. The summed E-state index contributed by atoms with van der Waals surface area (Å²) in [4.78, 5) is 16.7. The lowest BCUT2D eigenvalue weighted by atomic mass is 9.98. The van der Waals surface area contributed by atoms with E-state index in [0.29, 0.717) is 11.4 Å². The van der Waals surface area contributed by atoms with Gasteiger partial charge in [0.15, 0.2) is 0 Å². The second-order valence-corrected chi connectivity index (χ2v) is 6.61. The van der Waals surface area contributed by atoms with Gasteiger partial charge >= 0.3 is 0 Å². The molecule has 0 saturated carbocycles.